The van der Waals surface area contributed by atoms with Crippen LogP contribution in [0.4, 0.5) is 0 Å². The fourth-order valence-electron chi connectivity index (χ4n) is 2.57. The van der Waals surface area contributed by atoms with Crippen LogP contribution in [0.3, 0.4) is 0 Å². The highest BCUT2D eigenvalue weighted by atomic mass is 16.5. The van der Waals surface area contributed by atoms with E-state index in [9.17, 15) is 9.90 Å². The van der Waals surface area contributed by atoms with Crippen molar-refractivity contribution < 1.29 is 28.8 Å². The van der Waals surface area contributed by atoms with Crippen molar-refractivity contribution in [3.8, 4) is 17.2 Å². The van der Waals surface area contributed by atoms with Gasteiger partial charge in [-0.3, -0.25) is 0 Å². The molecule has 0 spiro atoms. The summed E-state index contributed by atoms with van der Waals surface area (Å²) in [4.78, 5) is 11.4. The van der Waals surface area contributed by atoms with Crippen LogP contribution in [0, 0.1) is 0 Å². The van der Waals surface area contributed by atoms with Gasteiger partial charge in [-0.05, 0) is 18.2 Å². The first-order chi connectivity index (χ1) is 11.0. The van der Waals surface area contributed by atoms with Gasteiger partial charge in [0.1, 0.15) is 0 Å². The van der Waals surface area contributed by atoms with Gasteiger partial charge in [0.15, 0.2) is 11.5 Å². The summed E-state index contributed by atoms with van der Waals surface area (Å²) in [6.07, 6.45) is 6.58. The van der Waals surface area contributed by atoms with E-state index in [-0.39, 0.29) is 5.92 Å². The van der Waals surface area contributed by atoms with Gasteiger partial charge in [0, 0.05) is 18.6 Å². The Balaban J connectivity index is 2.44. The topological polar surface area (TPSA) is 74.2 Å². The molecule has 0 saturated heterocycles. The highest BCUT2D eigenvalue weighted by Gasteiger charge is 2.36. The van der Waals surface area contributed by atoms with Crippen LogP contribution in [-0.2, 0) is 9.53 Å². The molecule has 0 aliphatic heterocycles. The Bertz CT molecular complexity index is 633. The van der Waals surface area contributed by atoms with Gasteiger partial charge in [0.2, 0.25) is 11.4 Å². The highest BCUT2D eigenvalue weighted by molar-refractivity contribution is 5.83. The minimum atomic E-state index is -1.43. The van der Waals surface area contributed by atoms with Crippen LogP contribution in [0.2, 0.25) is 0 Å². The van der Waals surface area contributed by atoms with Gasteiger partial charge in [0.25, 0.3) is 0 Å². The number of methoxy groups -OCH3 is 4. The fourth-order valence-corrected chi connectivity index (χ4v) is 2.57. The van der Waals surface area contributed by atoms with Crippen LogP contribution in [-0.4, -0.2) is 45.1 Å². The van der Waals surface area contributed by atoms with E-state index < -0.39 is 11.6 Å². The second-order valence-corrected chi connectivity index (χ2v) is 4.97. The minimum absolute atomic E-state index is 0.160. The standard InChI is InChI=1S/C17H20O6/c1-20-13-6-5-12(14(21-2)15(13)22-3)11-7-9-17(23-4,10-8-11)16(18)19/h5-11H,1-4H3,(H,18,19). The summed E-state index contributed by atoms with van der Waals surface area (Å²) >= 11 is 0. The third kappa shape index (κ3) is 2.90. The molecule has 1 aliphatic rings. The molecule has 23 heavy (non-hydrogen) atoms. The number of hydrogen-bond donors (Lipinski definition) is 1. The van der Waals surface area contributed by atoms with Crippen LogP contribution in [0.5, 0.6) is 17.2 Å². The van der Waals surface area contributed by atoms with E-state index in [0.717, 1.165) is 5.56 Å². The molecule has 0 bridgehead atoms. The Kier molecular flexibility index (Phi) is 4.95. The molecule has 0 radical (unpaired) electrons. The first kappa shape index (κ1) is 16.9. The maximum Gasteiger partial charge on any atom is 0.344 e. The number of rotatable bonds is 6. The van der Waals surface area contributed by atoms with Crippen molar-refractivity contribution in [1.29, 1.82) is 0 Å². The van der Waals surface area contributed by atoms with E-state index in [4.69, 9.17) is 18.9 Å². The number of aliphatic carboxylic acids is 1. The molecule has 2 rings (SSSR count). The van der Waals surface area contributed by atoms with Crippen LogP contribution in [0.25, 0.3) is 0 Å². The zero-order chi connectivity index (χ0) is 17.0. The molecular weight excluding hydrogens is 300 g/mol. The first-order valence-corrected chi connectivity index (χ1v) is 6.99. The van der Waals surface area contributed by atoms with E-state index in [1.54, 1.807) is 32.4 Å². The molecule has 0 heterocycles. The highest BCUT2D eigenvalue weighted by Crippen LogP contribution is 2.44. The predicted molar refractivity (Wildman–Crippen MR) is 84.5 cm³/mol. The second kappa shape index (κ2) is 6.75. The monoisotopic (exact) mass is 320 g/mol. The molecule has 0 saturated carbocycles. The third-order valence-electron chi connectivity index (χ3n) is 3.87. The average Bonchev–Trinajstić information content (AvgIpc) is 2.60. The van der Waals surface area contributed by atoms with Crippen molar-refractivity contribution >= 4 is 5.97 Å². The lowest BCUT2D eigenvalue weighted by atomic mass is 9.87. The van der Waals surface area contributed by atoms with E-state index in [0.29, 0.717) is 17.2 Å². The largest absolute Gasteiger partial charge is 0.493 e. The molecule has 124 valence electrons. The van der Waals surface area contributed by atoms with Crippen molar-refractivity contribution in [1.82, 2.24) is 0 Å². The average molecular weight is 320 g/mol. The zero-order valence-corrected chi connectivity index (χ0v) is 13.5. The summed E-state index contributed by atoms with van der Waals surface area (Å²) in [5, 5.41) is 9.31. The van der Waals surface area contributed by atoms with Crippen LogP contribution >= 0.6 is 0 Å². The minimum Gasteiger partial charge on any atom is -0.493 e. The maximum absolute atomic E-state index is 11.4. The Morgan fingerprint density at radius 2 is 1.61 bits per heavy atom. The molecule has 0 aromatic heterocycles. The van der Waals surface area contributed by atoms with Gasteiger partial charge in [-0.1, -0.05) is 18.2 Å². The molecule has 1 aliphatic carbocycles. The molecule has 6 nitrogen and oxygen atoms in total. The zero-order valence-electron chi connectivity index (χ0n) is 13.5. The van der Waals surface area contributed by atoms with Crippen molar-refractivity contribution in [2.45, 2.75) is 11.5 Å². The lowest BCUT2D eigenvalue weighted by Crippen LogP contribution is -2.37. The van der Waals surface area contributed by atoms with Crippen molar-refractivity contribution in [2.75, 3.05) is 28.4 Å². The normalized spacial score (nSPS) is 22.7. The van der Waals surface area contributed by atoms with Crippen molar-refractivity contribution in [2.24, 2.45) is 0 Å². The van der Waals surface area contributed by atoms with Crippen molar-refractivity contribution in [3.05, 3.63) is 42.0 Å². The Morgan fingerprint density at radius 3 is 2.04 bits per heavy atom. The van der Waals surface area contributed by atoms with Crippen LogP contribution in [0.1, 0.15) is 11.5 Å². The lowest BCUT2D eigenvalue weighted by Gasteiger charge is -2.26. The Hall–Kier alpha value is -2.47. The third-order valence-corrected chi connectivity index (χ3v) is 3.87. The number of carbonyl (C=O) groups is 1. The van der Waals surface area contributed by atoms with Gasteiger partial charge >= 0.3 is 5.97 Å². The quantitative estimate of drug-likeness (QED) is 0.811. The molecule has 0 unspecified atom stereocenters. The SMILES string of the molecule is COc1ccc(C2C=CC(OC)(C(=O)O)C=C2)c(OC)c1OC. The van der Waals surface area contributed by atoms with Gasteiger partial charge < -0.3 is 24.1 Å². The van der Waals surface area contributed by atoms with E-state index in [1.807, 2.05) is 6.07 Å². The van der Waals surface area contributed by atoms with Gasteiger partial charge in [0.05, 0.1) is 21.3 Å². The smallest absolute Gasteiger partial charge is 0.344 e. The summed E-state index contributed by atoms with van der Waals surface area (Å²) < 4.78 is 21.2. The first-order valence-electron chi connectivity index (χ1n) is 6.99. The summed E-state index contributed by atoms with van der Waals surface area (Å²) in [6.45, 7) is 0. The van der Waals surface area contributed by atoms with E-state index >= 15 is 0 Å². The van der Waals surface area contributed by atoms with Crippen LogP contribution in [0.15, 0.2) is 36.4 Å². The molecule has 6 heteroatoms. The lowest BCUT2D eigenvalue weighted by molar-refractivity contribution is -0.151. The molecule has 1 aromatic carbocycles. The van der Waals surface area contributed by atoms with E-state index in [1.165, 1.54) is 26.4 Å². The number of ether oxygens (including phenoxy) is 4. The number of allylic oxidation sites excluding steroid dienone is 2. The number of benzene rings is 1. The molecule has 1 aromatic rings. The van der Waals surface area contributed by atoms with Gasteiger partial charge in [-0.15, -0.1) is 0 Å². The predicted octanol–water partition coefficient (Wildman–Crippen LogP) is 2.39. The molecular formula is C17H20O6. The molecule has 0 atom stereocenters. The molecule has 0 amide bonds. The van der Waals surface area contributed by atoms with Crippen molar-refractivity contribution in [3.63, 3.8) is 0 Å². The maximum atomic E-state index is 11.4. The summed E-state index contributed by atoms with van der Waals surface area (Å²) in [7, 11) is 6.00. The number of carboxylic acid groups (broad SMARTS) is 1. The number of carboxylic acids is 1. The summed E-state index contributed by atoms with van der Waals surface area (Å²) in [5.41, 5.74) is -0.590. The second-order valence-electron chi connectivity index (χ2n) is 4.97. The Morgan fingerprint density at radius 1 is 1.00 bits per heavy atom. The van der Waals surface area contributed by atoms with Gasteiger partial charge in [-0.2, -0.15) is 0 Å². The fraction of sp³-hybridized carbons (Fsp3) is 0.353. The summed E-state index contributed by atoms with van der Waals surface area (Å²) in [5.74, 6) is 0.383. The van der Waals surface area contributed by atoms with Crippen LogP contribution < -0.4 is 14.2 Å². The van der Waals surface area contributed by atoms with Gasteiger partial charge in [-0.25, -0.2) is 4.79 Å². The number of hydrogen-bond acceptors (Lipinski definition) is 5. The van der Waals surface area contributed by atoms with E-state index in [2.05, 4.69) is 0 Å². The summed E-state index contributed by atoms with van der Waals surface area (Å²) in [6, 6.07) is 3.65. The molecule has 0 fully saturated rings. The Labute approximate surface area is 134 Å². The molecule has 1 N–H and O–H groups in total.